The highest BCUT2D eigenvalue weighted by Crippen LogP contribution is 2.71. The highest BCUT2D eigenvalue weighted by Gasteiger charge is 2.73. The number of amides is 1. The quantitative estimate of drug-likeness (QED) is 0.821. The number of carbonyl (C=O) groups excluding carboxylic acids is 2. The van der Waals surface area contributed by atoms with Crippen LogP contribution >= 0.6 is 0 Å². The maximum absolute atomic E-state index is 13.5. The van der Waals surface area contributed by atoms with Crippen molar-refractivity contribution >= 4 is 17.6 Å². The fourth-order valence-corrected chi connectivity index (χ4v) is 5.20. The van der Waals surface area contributed by atoms with Crippen LogP contribution in [0.4, 0.5) is 5.95 Å². The molecule has 2 aliphatic carbocycles. The summed E-state index contributed by atoms with van der Waals surface area (Å²) in [5.74, 6) is 1.17. The summed E-state index contributed by atoms with van der Waals surface area (Å²) in [6.07, 6.45) is 5.57. The molecule has 0 unspecified atom stereocenters. The minimum Gasteiger partial charge on any atom is -0.339 e. The Morgan fingerprint density at radius 1 is 1.04 bits per heavy atom. The van der Waals surface area contributed by atoms with Gasteiger partial charge in [-0.3, -0.25) is 9.59 Å². The molecule has 2 heterocycles. The fraction of sp³-hybridized carbons (Fsp3) is 0.684. The van der Waals surface area contributed by atoms with Crippen LogP contribution in [0.25, 0.3) is 0 Å². The summed E-state index contributed by atoms with van der Waals surface area (Å²) in [5, 5.41) is 0. The Morgan fingerprint density at radius 3 is 2.20 bits per heavy atom. The van der Waals surface area contributed by atoms with Crippen molar-refractivity contribution in [1.82, 2.24) is 14.9 Å². The number of hydrogen-bond acceptors (Lipinski definition) is 5. The maximum atomic E-state index is 13.5. The summed E-state index contributed by atoms with van der Waals surface area (Å²) >= 11 is 0. The molecule has 134 valence electrons. The summed E-state index contributed by atoms with van der Waals surface area (Å²) in [7, 11) is 0. The van der Waals surface area contributed by atoms with Gasteiger partial charge in [0.1, 0.15) is 5.78 Å². The molecule has 2 bridgehead atoms. The molecule has 0 aromatic carbocycles. The van der Waals surface area contributed by atoms with Crippen molar-refractivity contribution in [1.29, 1.82) is 0 Å². The number of Topliss-reactive ketones (excluding diaryl/α,β-unsaturated/α-hetero) is 1. The molecule has 3 fully saturated rings. The molecule has 1 saturated heterocycles. The normalized spacial score (nSPS) is 33.8. The second-order valence-corrected chi connectivity index (χ2v) is 8.47. The lowest BCUT2D eigenvalue weighted by atomic mass is 9.64. The minimum absolute atomic E-state index is 0.181. The third-order valence-electron chi connectivity index (χ3n) is 7.52. The van der Waals surface area contributed by atoms with E-state index in [1.807, 2.05) is 4.90 Å². The third-order valence-corrected chi connectivity index (χ3v) is 7.52. The molecule has 2 saturated carbocycles. The van der Waals surface area contributed by atoms with E-state index >= 15 is 0 Å². The SMILES string of the molecule is CC1(C)[C@@]2(C(=O)N3CCN(c4ncccn4)CC3)CC[C@]1(C)C(=O)C2. The molecule has 4 rings (SSSR count). The molecule has 0 N–H and O–H groups in total. The van der Waals surface area contributed by atoms with Crippen LogP contribution in [0.15, 0.2) is 18.5 Å². The lowest BCUT2D eigenvalue weighted by molar-refractivity contribution is -0.148. The zero-order valence-electron chi connectivity index (χ0n) is 15.3. The van der Waals surface area contributed by atoms with Gasteiger partial charge in [0.15, 0.2) is 0 Å². The van der Waals surface area contributed by atoms with Crippen molar-refractivity contribution in [2.24, 2.45) is 16.2 Å². The van der Waals surface area contributed by atoms with E-state index in [0.717, 1.165) is 31.9 Å². The van der Waals surface area contributed by atoms with Crippen LogP contribution < -0.4 is 4.90 Å². The van der Waals surface area contributed by atoms with Crippen molar-refractivity contribution in [3.05, 3.63) is 18.5 Å². The number of anilines is 1. The number of fused-ring (bicyclic) bond motifs is 2. The van der Waals surface area contributed by atoms with Gasteiger partial charge in [0.05, 0.1) is 5.41 Å². The Labute approximate surface area is 148 Å². The van der Waals surface area contributed by atoms with Crippen molar-refractivity contribution in [3.63, 3.8) is 0 Å². The third kappa shape index (κ3) is 2.02. The van der Waals surface area contributed by atoms with Gasteiger partial charge in [-0.05, 0) is 24.3 Å². The van der Waals surface area contributed by atoms with Crippen LogP contribution in [-0.2, 0) is 9.59 Å². The van der Waals surface area contributed by atoms with E-state index in [2.05, 4.69) is 35.6 Å². The lowest BCUT2D eigenvalue weighted by Gasteiger charge is -2.44. The summed E-state index contributed by atoms with van der Waals surface area (Å²) in [5.41, 5.74) is -1.12. The average molecular weight is 342 g/mol. The number of ketones is 1. The van der Waals surface area contributed by atoms with E-state index < -0.39 is 5.41 Å². The van der Waals surface area contributed by atoms with Crippen LogP contribution in [0.2, 0.25) is 0 Å². The molecular formula is C19H26N4O2. The number of aromatic nitrogens is 2. The first-order valence-corrected chi connectivity index (χ1v) is 9.16. The Hall–Kier alpha value is -1.98. The van der Waals surface area contributed by atoms with E-state index in [1.165, 1.54) is 0 Å². The molecule has 25 heavy (non-hydrogen) atoms. The molecule has 1 amide bonds. The van der Waals surface area contributed by atoms with Gasteiger partial charge in [0.2, 0.25) is 11.9 Å². The smallest absolute Gasteiger partial charge is 0.229 e. The minimum atomic E-state index is -0.510. The molecule has 1 aromatic rings. The monoisotopic (exact) mass is 342 g/mol. The van der Waals surface area contributed by atoms with E-state index in [9.17, 15) is 9.59 Å². The average Bonchev–Trinajstić information content (AvgIpc) is 2.92. The molecule has 0 spiro atoms. The zero-order valence-corrected chi connectivity index (χ0v) is 15.3. The van der Waals surface area contributed by atoms with Crippen LogP contribution in [0.3, 0.4) is 0 Å². The van der Waals surface area contributed by atoms with Crippen LogP contribution in [0.5, 0.6) is 0 Å². The zero-order chi connectivity index (χ0) is 17.9. The Kier molecular flexibility index (Phi) is 3.47. The molecule has 6 heteroatoms. The highest BCUT2D eigenvalue weighted by molar-refractivity contribution is 5.99. The van der Waals surface area contributed by atoms with E-state index in [1.54, 1.807) is 18.5 Å². The molecule has 6 nitrogen and oxygen atoms in total. The maximum Gasteiger partial charge on any atom is 0.229 e. The lowest BCUT2D eigenvalue weighted by Crippen LogP contribution is -2.55. The van der Waals surface area contributed by atoms with E-state index in [0.29, 0.717) is 19.5 Å². The molecule has 0 radical (unpaired) electrons. The molecule has 3 aliphatic rings. The molecular weight excluding hydrogens is 316 g/mol. The number of rotatable bonds is 2. The topological polar surface area (TPSA) is 66.4 Å². The van der Waals surface area contributed by atoms with Gasteiger partial charge in [0.25, 0.3) is 0 Å². The number of nitrogens with zero attached hydrogens (tertiary/aromatic N) is 4. The van der Waals surface area contributed by atoms with Crippen molar-refractivity contribution in [2.75, 3.05) is 31.1 Å². The number of carbonyl (C=O) groups is 2. The predicted octanol–water partition coefficient (Wildman–Crippen LogP) is 1.91. The Morgan fingerprint density at radius 2 is 1.68 bits per heavy atom. The second-order valence-electron chi connectivity index (χ2n) is 8.47. The first kappa shape index (κ1) is 16.5. The van der Waals surface area contributed by atoms with Gasteiger partial charge in [-0.2, -0.15) is 0 Å². The van der Waals surface area contributed by atoms with Crippen LogP contribution in [-0.4, -0.2) is 52.7 Å². The van der Waals surface area contributed by atoms with Crippen molar-refractivity contribution < 1.29 is 9.59 Å². The fourth-order valence-electron chi connectivity index (χ4n) is 5.20. The second kappa shape index (κ2) is 5.26. The Bertz CT molecular complexity index is 711. The van der Waals surface area contributed by atoms with E-state index in [-0.39, 0.29) is 22.5 Å². The molecule has 1 aliphatic heterocycles. The standard InChI is InChI=1S/C19H26N4O2/c1-17(2)18(3)5-6-19(17,13-14(18)24)15(25)22-9-11-23(12-10-22)16-20-7-4-8-21-16/h4,7-8H,5-6,9-13H2,1-3H3/t18-,19+/m1/s1. The van der Waals surface area contributed by atoms with Crippen molar-refractivity contribution in [3.8, 4) is 0 Å². The molecule has 1 aromatic heterocycles. The van der Waals surface area contributed by atoms with Gasteiger partial charge in [0, 0.05) is 50.4 Å². The van der Waals surface area contributed by atoms with Gasteiger partial charge in [-0.25, -0.2) is 9.97 Å². The summed E-state index contributed by atoms with van der Waals surface area (Å²) in [6.45, 7) is 9.10. The predicted molar refractivity (Wildman–Crippen MR) is 94.0 cm³/mol. The van der Waals surface area contributed by atoms with Gasteiger partial charge >= 0.3 is 0 Å². The van der Waals surface area contributed by atoms with E-state index in [4.69, 9.17) is 0 Å². The first-order chi connectivity index (χ1) is 11.8. The summed E-state index contributed by atoms with van der Waals surface area (Å²) in [6, 6.07) is 1.80. The number of hydrogen-bond donors (Lipinski definition) is 0. The Balaban J connectivity index is 1.51. The highest BCUT2D eigenvalue weighted by atomic mass is 16.2. The summed E-state index contributed by atoms with van der Waals surface area (Å²) in [4.78, 5) is 38.7. The largest absolute Gasteiger partial charge is 0.339 e. The molecule has 2 atom stereocenters. The van der Waals surface area contributed by atoms with Crippen molar-refractivity contribution in [2.45, 2.75) is 40.0 Å². The van der Waals surface area contributed by atoms with Gasteiger partial charge < -0.3 is 9.80 Å². The van der Waals surface area contributed by atoms with Gasteiger partial charge in [-0.1, -0.05) is 20.8 Å². The first-order valence-electron chi connectivity index (χ1n) is 9.16. The number of piperazine rings is 1. The van der Waals surface area contributed by atoms with Gasteiger partial charge in [-0.15, -0.1) is 0 Å². The van der Waals surface area contributed by atoms with Crippen LogP contribution in [0.1, 0.15) is 40.0 Å². The van der Waals surface area contributed by atoms with Crippen LogP contribution in [0, 0.1) is 16.2 Å². The summed E-state index contributed by atoms with van der Waals surface area (Å²) < 4.78 is 0.